The normalized spacial score (nSPS) is 18.1. The number of likely N-dealkylation sites (tertiary alicyclic amines) is 1. The summed E-state index contributed by atoms with van der Waals surface area (Å²) in [5.41, 5.74) is 0. The molecule has 106 valence electrons. The first-order valence-electron chi connectivity index (χ1n) is 6.87. The lowest BCUT2D eigenvalue weighted by Crippen LogP contribution is -2.49. The molecule has 0 aromatic carbocycles. The molecule has 0 aliphatic carbocycles. The van der Waals surface area contributed by atoms with Gasteiger partial charge in [-0.1, -0.05) is 13.8 Å². The predicted octanol–water partition coefficient (Wildman–Crippen LogP) is 0.740. The number of hydrogen-bond donors (Lipinski definition) is 2. The van der Waals surface area contributed by atoms with Gasteiger partial charge in [0.1, 0.15) is 0 Å². The van der Waals surface area contributed by atoms with Crippen LogP contribution in [0.15, 0.2) is 0 Å². The van der Waals surface area contributed by atoms with Gasteiger partial charge in [-0.25, -0.2) is 4.79 Å². The van der Waals surface area contributed by atoms with Crippen molar-refractivity contribution in [1.29, 1.82) is 0 Å². The standard InChI is InChI=1S/C13H27N3O2/c1-11(2)10-16-6-4-12(5-7-16)14-13(18)15(3)8-9-17/h11-12,17H,4-10H2,1-3H3,(H,14,18). The van der Waals surface area contributed by atoms with Crippen LogP contribution in [0.5, 0.6) is 0 Å². The predicted molar refractivity (Wildman–Crippen MR) is 72.5 cm³/mol. The van der Waals surface area contributed by atoms with E-state index in [1.165, 1.54) is 4.90 Å². The van der Waals surface area contributed by atoms with Gasteiger partial charge in [0.2, 0.25) is 0 Å². The van der Waals surface area contributed by atoms with Gasteiger partial charge in [0.25, 0.3) is 0 Å². The third-order valence-electron chi connectivity index (χ3n) is 3.32. The molecule has 0 bridgehead atoms. The Kier molecular flexibility index (Phi) is 6.43. The summed E-state index contributed by atoms with van der Waals surface area (Å²) in [5.74, 6) is 0.701. The molecule has 5 nitrogen and oxygen atoms in total. The third kappa shape index (κ3) is 5.23. The maximum absolute atomic E-state index is 11.8. The number of hydrogen-bond acceptors (Lipinski definition) is 3. The Labute approximate surface area is 110 Å². The Hall–Kier alpha value is -0.810. The lowest BCUT2D eigenvalue weighted by Gasteiger charge is -2.34. The Morgan fingerprint density at radius 3 is 2.56 bits per heavy atom. The molecule has 0 radical (unpaired) electrons. The number of piperidine rings is 1. The maximum atomic E-state index is 11.8. The molecule has 1 aliphatic heterocycles. The van der Waals surface area contributed by atoms with Crippen LogP contribution in [0.1, 0.15) is 26.7 Å². The molecular weight excluding hydrogens is 230 g/mol. The highest BCUT2D eigenvalue weighted by molar-refractivity contribution is 5.74. The Balaban J connectivity index is 2.24. The molecule has 1 heterocycles. The second-order valence-electron chi connectivity index (χ2n) is 5.56. The summed E-state index contributed by atoms with van der Waals surface area (Å²) in [7, 11) is 1.71. The summed E-state index contributed by atoms with van der Waals surface area (Å²) in [6, 6.07) is 0.202. The fourth-order valence-electron chi connectivity index (χ4n) is 2.31. The minimum Gasteiger partial charge on any atom is -0.395 e. The molecule has 1 rings (SSSR count). The minimum atomic E-state index is -0.0774. The van der Waals surface area contributed by atoms with Gasteiger partial charge in [-0.15, -0.1) is 0 Å². The van der Waals surface area contributed by atoms with Crippen molar-refractivity contribution in [3.63, 3.8) is 0 Å². The van der Waals surface area contributed by atoms with Crippen molar-refractivity contribution in [3.05, 3.63) is 0 Å². The van der Waals surface area contributed by atoms with E-state index in [0.717, 1.165) is 32.5 Å². The summed E-state index contributed by atoms with van der Waals surface area (Å²) < 4.78 is 0. The number of urea groups is 1. The highest BCUT2D eigenvalue weighted by atomic mass is 16.3. The lowest BCUT2D eigenvalue weighted by molar-refractivity contribution is 0.162. The molecule has 1 aliphatic rings. The number of likely N-dealkylation sites (N-methyl/N-ethyl adjacent to an activating group) is 1. The van der Waals surface area contributed by atoms with E-state index >= 15 is 0 Å². The second kappa shape index (κ2) is 7.59. The number of nitrogens with one attached hydrogen (secondary N) is 1. The minimum absolute atomic E-state index is 0.0107. The Bertz CT molecular complexity index is 251. The van der Waals surface area contributed by atoms with Crippen LogP contribution in [-0.2, 0) is 0 Å². The van der Waals surface area contributed by atoms with Crippen LogP contribution >= 0.6 is 0 Å². The number of aliphatic hydroxyl groups is 1. The van der Waals surface area contributed by atoms with Crippen LogP contribution in [0.4, 0.5) is 4.79 Å². The lowest BCUT2D eigenvalue weighted by atomic mass is 10.0. The highest BCUT2D eigenvalue weighted by Gasteiger charge is 2.21. The van der Waals surface area contributed by atoms with E-state index in [4.69, 9.17) is 5.11 Å². The fraction of sp³-hybridized carbons (Fsp3) is 0.923. The fourth-order valence-corrected chi connectivity index (χ4v) is 2.31. The molecule has 0 saturated carbocycles. The quantitative estimate of drug-likeness (QED) is 0.764. The van der Waals surface area contributed by atoms with E-state index < -0.39 is 0 Å². The molecule has 18 heavy (non-hydrogen) atoms. The zero-order valence-corrected chi connectivity index (χ0v) is 11.9. The van der Waals surface area contributed by atoms with E-state index in [0.29, 0.717) is 12.5 Å². The van der Waals surface area contributed by atoms with E-state index in [-0.39, 0.29) is 18.7 Å². The van der Waals surface area contributed by atoms with Crippen LogP contribution in [0.3, 0.4) is 0 Å². The van der Waals surface area contributed by atoms with Gasteiger partial charge in [-0.05, 0) is 18.8 Å². The van der Waals surface area contributed by atoms with E-state index in [1.54, 1.807) is 7.05 Å². The van der Waals surface area contributed by atoms with E-state index in [9.17, 15) is 4.79 Å². The topological polar surface area (TPSA) is 55.8 Å². The van der Waals surface area contributed by atoms with Crippen molar-refractivity contribution in [2.45, 2.75) is 32.7 Å². The number of amides is 2. The first-order valence-corrected chi connectivity index (χ1v) is 6.87. The Morgan fingerprint density at radius 2 is 2.06 bits per heavy atom. The van der Waals surface area contributed by atoms with Gasteiger partial charge in [0.15, 0.2) is 0 Å². The highest BCUT2D eigenvalue weighted by Crippen LogP contribution is 2.12. The third-order valence-corrected chi connectivity index (χ3v) is 3.32. The largest absolute Gasteiger partial charge is 0.395 e. The van der Waals surface area contributed by atoms with Gasteiger partial charge in [-0.3, -0.25) is 0 Å². The molecule has 2 amide bonds. The first-order chi connectivity index (χ1) is 8.52. The number of nitrogens with zero attached hydrogens (tertiary/aromatic N) is 2. The molecule has 0 atom stereocenters. The van der Waals surface area contributed by atoms with Crippen molar-refractivity contribution in [2.24, 2.45) is 5.92 Å². The van der Waals surface area contributed by atoms with Crippen LogP contribution in [0.25, 0.3) is 0 Å². The van der Waals surface area contributed by atoms with Gasteiger partial charge in [0.05, 0.1) is 6.61 Å². The maximum Gasteiger partial charge on any atom is 0.317 e. The van der Waals surface area contributed by atoms with Gasteiger partial charge >= 0.3 is 6.03 Å². The second-order valence-corrected chi connectivity index (χ2v) is 5.56. The van der Waals surface area contributed by atoms with Crippen LogP contribution < -0.4 is 5.32 Å². The van der Waals surface area contributed by atoms with Crippen molar-refractivity contribution < 1.29 is 9.90 Å². The van der Waals surface area contributed by atoms with Crippen molar-refractivity contribution in [3.8, 4) is 0 Å². The van der Waals surface area contributed by atoms with Crippen LogP contribution in [-0.4, -0.2) is 66.8 Å². The van der Waals surface area contributed by atoms with Crippen molar-refractivity contribution >= 4 is 6.03 Å². The van der Waals surface area contributed by atoms with Crippen LogP contribution in [0.2, 0.25) is 0 Å². The molecule has 0 aromatic heterocycles. The summed E-state index contributed by atoms with van der Waals surface area (Å²) in [5, 5.41) is 11.8. The summed E-state index contributed by atoms with van der Waals surface area (Å²) in [6.45, 7) is 8.13. The molecule has 0 unspecified atom stereocenters. The number of carbonyl (C=O) groups is 1. The molecule has 1 saturated heterocycles. The molecule has 1 fully saturated rings. The molecule has 0 aromatic rings. The monoisotopic (exact) mass is 257 g/mol. The molecule has 0 spiro atoms. The summed E-state index contributed by atoms with van der Waals surface area (Å²) in [4.78, 5) is 15.7. The van der Waals surface area contributed by atoms with Crippen molar-refractivity contribution in [1.82, 2.24) is 15.1 Å². The van der Waals surface area contributed by atoms with Gasteiger partial charge in [-0.2, -0.15) is 0 Å². The summed E-state index contributed by atoms with van der Waals surface area (Å²) >= 11 is 0. The molecule has 5 heteroatoms. The van der Waals surface area contributed by atoms with E-state index in [2.05, 4.69) is 24.1 Å². The number of carbonyl (C=O) groups excluding carboxylic acids is 1. The zero-order valence-electron chi connectivity index (χ0n) is 11.9. The smallest absolute Gasteiger partial charge is 0.317 e. The zero-order chi connectivity index (χ0) is 13.5. The molecule has 2 N–H and O–H groups in total. The van der Waals surface area contributed by atoms with Crippen molar-refractivity contribution in [2.75, 3.05) is 39.8 Å². The average Bonchev–Trinajstić information content (AvgIpc) is 2.31. The Morgan fingerprint density at radius 1 is 1.44 bits per heavy atom. The van der Waals surface area contributed by atoms with Crippen LogP contribution in [0, 0.1) is 5.92 Å². The molecular formula is C13H27N3O2. The first kappa shape index (κ1) is 15.2. The average molecular weight is 257 g/mol. The van der Waals surface area contributed by atoms with E-state index in [1.807, 2.05) is 0 Å². The van der Waals surface area contributed by atoms with Gasteiger partial charge < -0.3 is 20.2 Å². The van der Waals surface area contributed by atoms with Gasteiger partial charge in [0, 0.05) is 39.3 Å². The summed E-state index contributed by atoms with van der Waals surface area (Å²) in [6.07, 6.45) is 2.04. The number of rotatable bonds is 5. The SMILES string of the molecule is CC(C)CN1CCC(NC(=O)N(C)CCO)CC1. The number of aliphatic hydroxyl groups excluding tert-OH is 1.